The topological polar surface area (TPSA) is 175 Å². The van der Waals surface area contributed by atoms with Crippen LogP contribution in [0.5, 0.6) is 0 Å². The van der Waals surface area contributed by atoms with E-state index >= 15 is 0 Å². The Hall–Kier alpha value is -2.60. The highest BCUT2D eigenvalue weighted by Gasteiger charge is 2.32. The van der Waals surface area contributed by atoms with Gasteiger partial charge in [-0.25, -0.2) is 9.36 Å². The number of imide groups is 1. The quantitative estimate of drug-likeness (QED) is 0.0238. The van der Waals surface area contributed by atoms with Crippen LogP contribution in [0.25, 0.3) is 0 Å². The van der Waals surface area contributed by atoms with Gasteiger partial charge in [-0.15, -0.1) is 5.06 Å². The standard InChI is InChI=1S/C35H61N2O11P/c1-2-3-4-5-6-7-8-9-10-11-14-17-20-23-34(41)45-29-30-47-49(43,44)46-28-27-36-31(38)22-19-16-13-12-15-18-21-24-35(42)48-37-32(39)25-26-33(37)40/h12-13H,2-11,14-30H2,1H3,(H,36,38)(H,43,44)/b13-12+. The Bertz CT molecular complexity index is 1020. The molecule has 1 unspecified atom stereocenters. The zero-order chi connectivity index (χ0) is 36.0. The summed E-state index contributed by atoms with van der Waals surface area (Å²) in [5, 5.41) is 3.17. The smallest absolute Gasteiger partial charge is 0.463 e. The van der Waals surface area contributed by atoms with Gasteiger partial charge >= 0.3 is 19.8 Å². The fourth-order valence-corrected chi connectivity index (χ4v) is 5.80. The second-order valence-corrected chi connectivity index (χ2v) is 13.8. The monoisotopic (exact) mass is 716 g/mol. The van der Waals surface area contributed by atoms with Crippen LogP contribution in [0.4, 0.5) is 0 Å². The van der Waals surface area contributed by atoms with Crippen molar-refractivity contribution in [1.82, 2.24) is 10.4 Å². The molecule has 14 heteroatoms. The molecule has 282 valence electrons. The van der Waals surface area contributed by atoms with E-state index in [2.05, 4.69) is 12.2 Å². The predicted octanol–water partition coefficient (Wildman–Crippen LogP) is 7.15. The molecule has 49 heavy (non-hydrogen) atoms. The third-order valence-electron chi connectivity index (χ3n) is 7.91. The molecule has 1 heterocycles. The summed E-state index contributed by atoms with van der Waals surface area (Å²) in [6.07, 6.45) is 24.0. The van der Waals surface area contributed by atoms with E-state index in [1.807, 2.05) is 12.2 Å². The minimum Gasteiger partial charge on any atom is -0.463 e. The highest BCUT2D eigenvalue weighted by molar-refractivity contribution is 7.47. The average Bonchev–Trinajstić information content (AvgIpc) is 3.38. The molecule has 0 saturated carbocycles. The van der Waals surface area contributed by atoms with Crippen molar-refractivity contribution in [2.24, 2.45) is 0 Å². The summed E-state index contributed by atoms with van der Waals surface area (Å²) in [6.45, 7) is 1.65. The van der Waals surface area contributed by atoms with Crippen LogP contribution in [0.3, 0.4) is 0 Å². The van der Waals surface area contributed by atoms with Crippen molar-refractivity contribution in [2.75, 3.05) is 26.4 Å². The number of hydrogen-bond acceptors (Lipinski definition) is 10. The highest BCUT2D eigenvalue weighted by atomic mass is 31.2. The average molecular weight is 717 g/mol. The van der Waals surface area contributed by atoms with Crippen LogP contribution in [0, 0.1) is 0 Å². The lowest BCUT2D eigenvalue weighted by Gasteiger charge is -2.12. The Morgan fingerprint density at radius 3 is 1.82 bits per heavy atom. The Balaban J connectivity index is 1.90. The molecule has 1 fully saturated rings. The molecule has 1 rings (SSSR count). The molecule has 0 aromatic heterocycles. The molecule has 3 amide bonds. The molecule has 2 N–H and O–H groups in total. The SMILES string of the molecule is CCCCCCCCCCCCCCCC(=O)OCCOP(=O)(O)OCCNC(=O)CCC/C=C/CCCCC(=O)ON1C(=O)CCC1=O. The van der Waals surface area contributed by atoms with E-state index in [1.54, 1.807) is 0 Å². The lowest BCUT2D eigenvalue weighted by molar-refractivity contribution is -0.197. The molecule has 0 aromatic carbocycles. The molecule has 0 aromatic rings. The van der Waals surface area contributed by atoms with Gasteiger partial charge in [-0.3, -0.25) is 28.2 Å². The van der Waals surface area contributed by atoms with E-state index in [-0.39, 0.29) is 63.9 Å². The van der Waals surface area contributed by atoms with Gasteiger partial charge in [0.1, 0.15) is 6.61 Å². The first-order valence-electron chi connectivity index (χ1n) is 18.4. The van der Waals surface area contributed by atoms with Crippen LogP contribution in [0.1, 0.15) is 155 Å². The molecule has 0 aliphatic carbocycles. The van der Waals surface area contributed by atoms with Gasteiger partial charge in [0.05, 0.1) is 13.2 Å². The second kappa shape index (κ2) is 29.2. The zero-order valence-electron chi connectivity index (χ0n) is 29.7. The maximum absolute atomic E-state index is 12.0. The van der Waals surface area contributed by atoms with E-state index in [0.717, 1.165) is 32.1 Å². The number of carbonyl (C=O) groups excluding carboxylic acids is 5. The van der Waals surface area contributed by atoms with Crippen molar-refractivity contribution in [3.05, 3.63) is 12.2 Å². The third-order valence-corrected chi connectivity index (χ3v) is 8.92. The number of nitrogens with zero attached hydrogens (tertiary/aromatic N) is 1. The maximum atomic E-state index is 12.0. The molecule has 0 radical (unpaired) electrons. The van der Waals surface area contributed by atoms with E-state index in [0.29, 0.717) is 30.7 Å². The summed E-state index contributed by atoms with van der Waals surface area (Å²) in [6, 6.07) is 0. The minimum atomic E-state index is -4.33. The van der Waals surface area contributed by atoms with Gasteiger partial charge < -0.3 is 19.8 Å². The molecular weight excluding hydrogens is 655 g/mol. The summed E-state index contributed by atoms with van der Waals surface area (Å²) >= 11 is 0. The Morgan fingerprint density at radius 1 is 0.694 bits per heavy atom. The fraction of sp³-hybridized carbons (Fsp3) is 0.800. The van der Waals surface area contributed by atoms with Crippen LogP contribution >= 0.6 is 7.82 Å². The van der Waals surface area contributed by atoms with Crippen molar-refractivity contribution < 1.29 is 52.1 Å². The van der Waals surface area contributed by atoms with Crippen molar-refractivity contribution in [1.29, 1.82) is 0 Å². The van der Waals surface area contributed by atoms with Gasteiger partial charge in [-0.05, 0) is 38.5 Å². The highest BCUT2D eigenvalue weighted by Crippen LogP contribution is 2.42. The number of amides is 3. The molecule has 1 saturated heterocycles. The second-order valence-electron chi connectivity index (χ2n) is 12.4. The fourth-order valence-electron chi connectivity index (χ4n) is 5.10. The lowest BCUT2D eigenvalue weighted by Crippen LogP contribution is -2.31. The Labute approximate surface area is 292 Å². The lowest BCUT2D eigenvalue weighted by atomic mass is 10.0. The van der Waals surface area contributed by atoms with Gasteiger partial charge in [0.25, 0.3) is 11.8 Å². The number of phosphoric acid groups is 1. The molecule has 0 bridgehead atoms. The first kappa shape index (κ1) is 44.4. The van der Waals surface area contributed by atoms with Crippen LogP contribution < -0.4 is 5.32 Å². The zero-order valence-corrected chi connectivity index (χ0v) is 30.6. The van der Waals surface area contributed by atoms with Crippen molar-refractivity contribution in [3.8, 4) is 0 Å². The number of phosphoric ester groups is 1. The van der Waals surface area contributed by atoms with Crippen LogP contribution in [0.2, 0.25) is 0 Å². The molecule has 1 aliphatic rings. The van der Waals surface area contributed by atoms with Gasteiger partial charge in [0, 0.05) is 38.6 Å². The number of hydroxylamine groups is 2. The number of nitrogens with one attached hydrogen (secondary N) is 1. The normalized spacial score (nSPS) is 14.4. The predicted molar refractivity (Wildman–Crippen MR) is 185 cm³/mol. The Kier molecular flexibility index (Phi) is 26.4. The number of carbonyl (C=O) groups is 5. The first-order valence-corrected chi connectivity index (χ1v) is 19.9. The summed E-state index contributed by atoms with van der Waals surface area (Å²) in [5.41, 5.74) is 0. The summed E-state index contributed by atoms with van der Waals surface area (Å²) in [7, 11) is -4.33. The largest absolute Gasteiger partial charge is 0.472 e. The molecule has 1 aliphatic heterocycles. The number of esters is 1. The number of unbranched alkanes of at least 4 members (excludes halogenated alkanes) is 15. The molecule has 13 nitrogen and oxygen atoms in total. The van der Waals surface area contributed by atoms with Crippen molar-refractivity contribution in [3.63, 3.8) is 0 Å². The van der Waals surface area contributed by atoms with E-state index in [9.17, 15) is 33.4 Å². The molecular formula is C35H61N2O11P. The minimum absolute atomic E-state index is 0.0409. The van der Waals surface area contributed by atoms with Gasteiger partial charge in [0.15, 0.2) is 0 Å². The van der Waals surface area contributed by atoms with Gasteiger partial charge in [-0.1, -0.05) is 96.1 Å². The van der Waals surface area contributed by atoms with Crippen molar-refractivity contribution >= 4 is 37.5 Å². The van der Waals surface area contributed by atoms with Crippen molar-refractivity contribution in [2.45, 2.75) is 155 Å². The number of ether oxygens (including phenoxy) is 1. The van der Waals surface area contributed by atoms with E-state index < -0.39 is 25.6 Å². The van der Waals surface area contributed by atoms with Crippen LogP contribution in [-0.4, -0.2) is 66.0 Å². The first-order chi connectivity index (χ1) is 23.6. The van der Waals surface area contributed by atoms with E-state index in [1.165, 1.54) is 64.2 Å². The third kappa shape index (κ3) is 26.0. The Morgan fingerprint density at radius 2 is 1.20 bits per heavy atom. The summed E-state index contributed by atoms with van der Waals surface area (Å²) in [5.74, 6) is -2.16. The number of rotatable bonds is 32. The van der Waals surface area contributed by atoms with E-state index in [4.69, 9.17) is 18.6 Å². The molecule has 1 atom stereocenters. The van der Waals surface area contributed by atoms with Crippen LogP contribution in [0.15, 0.2) is 12.2 Å². The summed E-state index contributed by atoms with van der Waals surface area (Å²) in [4.78, 5) is 73.1. The molecule has 0 spiro atoms. The van der Waals surface area contributed by atoms with Gasteiger partial charge in [0.2, 0.25) is 5.91 Å². The van der Waals surface area contributed by atoms with Gasteiger partial charge in [-0.2, -0.15) is 0 Å². The van der Waals surface area contributed by atoms with Crippen LogP contribution in [-0.2, 0) is 47.2 Å². The summed E-state index contributed by atoms with van der Waals surface area (Å²) < 4.78 is 26.7. The number of hydrogen-bond donors (Lipinski definition) is 2. The maximum Gasteiger partial charge on any atom is 0.472 e. The number of allylic oxidation sites excluding steroid dienone is 2.